The summed E-state index contributed by atoms with van der Waals surface area (Å²) in [6.07, 6.45) is 0. The van der Waals surface area contributed by atoms with Crippen LogP contribution in [-0.4, -0.2) is 7.74 Å². The molecule has 4 heteroatoms. The Morgan fingerprint density at radius 2 is 1.46 bits per heavy atom. The monoisotopic (exact) mass is 212 g/mol. The minimum absolute atomic E-state index is 0.674. The third-order valence-corrected chi connectivity index (χ3v) is 7.41. The van der Waals surface area contributed by atoms with E-state index < -0.39 is 15.7 Å². The molecule has 1 aliphatic heterocycles. The van der Waals surface area contributed by atoms with Crippen LogP contribution < -0.4 is 9.05 Å². The van der Waals surface area contributed by atoms with Crippen molar-refractivity contribution < 1.29 is 9.05 Å². The highest BCUT2D eigenvalue weighted by Crippen LogP contribution is 2.57. The van der Waals surface area contributed by atoms with Gasteiger partial charge in [-0.15, -0.1) is 0 Å². The summed E-state index contributed by atoms with van der Waals surface area (Å²) in [6.45, 7) is 6.81. The summed E-state index contributed by atoms with van der Waals surface area (Å²) in [5, 5.41) is 0. The predicted molar refractivity (Wildman–Crippen MR) is 58.0 cm³/mol. The van der Waals surface area contributed by atoms with Gasteiger partial charge in [-0.2, -0.15) is 0 Å². The molecule has 0 amide bonds. The van der Waals surface area contributed by atoms with Crippen LogP contribution in [0.25, 0.3) is 0 Å². The van der Waals surface area contributed by atoms with E-state index in [-0.39, 0.29) is 0 Å². The lowest BCUT2D eigenvalue weighted by atomic mass is 10.3. The van der Waals surface area contributed by atoms with Gasteiger partial charge in [0.2, 0.25) is 0 Å². The first kappa shape index (κ1) is 9.04. The molecule has 0 spiro atoms. The Morgan fingerprint density at radius 3 is 1.85 bits per heavy atom. The standard InChI is InChI=1S/C9H13O2PSi/c1-13(2,3)12-10-8-6-4-5-7-9(8)11-12/h4-7H,1-3H3. The Morgan fingerprint density at radius 1 is 1.00 bits per heavy atom. The fourth-order valence-electron chi connectivity index (χ4n) is 1.07. The Bertz CT molecular complexity index is 297. The lowest BCUT2D eigenvalue weighted by Gasteiger charge is -2.20. The van der Waals surface area contributed by atoms with Crippen molar-refractivity contribution in [3.8, 4) is 11.5 Å². The van der Waals surface area contributed by atoms with Crippen LogP contribution in [0.5, 0.6) is 11.5 Å². The highest BCUT2D eigenvalue weighted by Gasteiger charge is 2.38. The van der Waals surface area contributed by atoms with Crippen LogP contribution in [0.2, 0.25) is 19.6 Å². The van der Waals surface area contributed by atoms with Crippen molar-refractivity contribution in [2.45, 2.75) is 19.6 Å². The molecule has 1 aromatic rings. The first-order chi connectivity index (χ1) is 6.07. The molecule has 13 heavy (non-hydrogen) atoms. The fraction of sp³-hybridized carbons (Fsp3) is 0.333. The summed E-state index contributed by atoms with van der Waals surface area (Å²) in [4.78, 5) is 0. The van der Waals surface area contributed by atoms with Crippen LogP contribution in [0.15, 0.2) is 24.3 Å². The highest BCUT2D eigenvalue weighted by molar-refractivity contribution is 7.88. The zero-order valence-electron chi connectivity index (χ0n) is 8.07. The molecule has 1 heterocycles. The van der Waals surface area contributed by atoms with E-state index in [1.54, 1.807) is 0 Å². The van der Waals surface area contributed by atoms with Crippen molar-refractivity contribution in [1.82, 2.24) is 0 Å². The average Bonchev–Trinajstić information content (AvgIpc) is 2.45. The molecule has 70 valence electrons. The Kier molecular flexibility index (Phi) is 2.09. The number of rotatable bonds is 1. The van der Waals surface area contributed by atoms with E-state index in [2.05, 4.69) is 19.6 Å². The van der Waals surface area contributed by atoms with E-state index in [1.165, 1.54) is 0 Å². The van der Waals surface area contributed by atoms with Crippen molar-refractivity contribution in [3.63, 3.8) is 0 Å². The molecule has 0 aliphatic carbocycles. The Labute approximate surface area is 80.7 Å². The molecule has 2 rings (SSSR count). The van der Waals surface area contributed by atoms with Crippen molar-refractivity contribution >= 4 is 15.7 Å². The van der Waals surface area contributed by atoms with Crippen molar-refractivity contribution in [1.29, 1.82) is 0 Å². The van der Waals surface area contributed by atoms with Gasteiger partial charge in [0.25, 0.3) is 7.92 Å². The molecule has 0 fully saturated rings. The molecule has 0 unspecified atom stereocenters. The average molecular weight is 212 g/mol. The number of hydrogen-bond donors (Lipinski definition) is 0. The van der Waals surface area contributed by atoms with E-state index >= 15 is 0 Å². The maximum absolute atomic E-state index is 5.78. The number of benzene rings is 1. The van der Waals surface area contributed by atoms with Gasteiger partial charge in [0.1, 0.15) is 0 Å². The topological polar surface area (TPSA) is 18.5 Å². The van der Waals surface area contributed by atoms with Crippen LogP contribution in [0.3, 0.4) is 0 Å². The molecular formula is C9H13O2PSi. The second kappa shape index (κ2) is 3.00. The van der Waals surface area contributed by atoms with E-state index in [9.17, 15) is 0 Å². The van der Waals surface area contributed by atoms with Crippen LogP contribution in [0.4, 0.5) is 0 Å². The summed E-state index contributed by atoms with van der Waals surface area (Å²) >= 11 is 0. The molecule has 0 N–H and O–H groups in total. The number of para-hydroxylation sites is 2. The maximum Gasteiger partial charge on any atom is 0.252 e. The molecule has 0 aromatic heterocycles. The smallest absolute Gasteiger partial charge is 0.252 e. The third kappa shape index (κ3) is 1.72. The summed E-state index contributed by atoms with van der Waals surface area (Å²) in [5.74, 6) is 1.83. The molecule has 1 aliphatic rings. The minimum Gasteiger partial charge on any atom is -0.439 e. The van der Waals surface area contributed by atoms with Crippen LogP contribution in [0.1, 0.15) is 0 Å². The molecule has 0 atom stereocenters. The fourth-order valence-corrected chi connectivity index (χ4v) is 4.55. The third-order valence-electron chi connectivity index (χ3n) is 1.76. The van der Waals surface area contributed by atoms with Gasteiger partial charge in [-0.3, -0.25) is 0 Å². The van der Waals surface area contributed by atoms with Gasteiger partial charge in [-0.05, 0) is 12.1 Å². The quantitative estimate of drug-likeness (QED) is 0.523. The summed E-state index contributed by atoms with van der Waals surface area (Å²) in [6, 6.07) is 7.89. The number of hydrogen-bond acceptors (Lipinski definition) is 2. The zero-order valence-corrected chi connectivity index (χ0v) is 9.97. The highest BCUT2D eigenvalue weighted by atomic mass is 31.4. The van der Waals surface area contributed by atoms with Crippen molar-refractivity contribution in [3.05, 3.63) is 24.3 Å². The molecule has 1 aromatic carbocycles. The molecule has 0 saturated heterocycles. The van der Waals surface area contributed by atoms with Crippen LogP contribution >= 0.6 is 7.92 Å². The van der Waals surface area contributed by atoms with Crippen LogP contribution in [-0.2, 0) is 0 Å². The lowest BCUT2D eigenvalue weighted by molar-refractivity contribution is 0.591. The molecule has 2 nitrogen and oxygen atoms in total. The van der Waals surface area contributed by atoms with E-state index in [0.29, 0.717) is 0 Å². The van der Waals surface area contributed by atoms with Gasteiger partial charge in [-0.25, -0.2) is 0 Å². The Hall–Kier alpha value is -0.533. The first-order valence-corrected chi connectivity index (χ1v) is 9.84. The second-order valence-electron chi connectivity index (χ2n) is 4.06. The van der Waals surface area contributed by atoms with Gasteiger partial charge in [0.15, 0.2) is 19.2 Å². The van der Waals surface area contributed by atoms with E-state index in [0.717, 1.165) is 11.5 Å². The van der Waals surface area contributed by atoms with E-state index in [4.69, 9.17) is 9.05 Å². The van der Waals surface area contributed by atoms with Crippen molar-refractivity contribution in [2.75, 3.05) is 0 Å². The molecule has 0 bridgehead atoms. The summed E-state index contributed by atoms with van der Waals surface area (Å²) < 4.78 is 11.6. The largest absolute Gasteiger partial charge is 0.439 e. The second-order valence-corrected chi connectivity index (χ2v) is 14.4. The summed E-state index contributed by atoms with van der Waals surface area (Å²) in [5.41, 5.74) is 0. The van der Waals surface area contributed by atoms with Crippen molar-refractivity contribution in [2.24, 2.45) is 0 Å². The van der Waals surface area contributed by atoms with Crippen LogP contribution in [0, 0.1) is 0 Å². The van der Waals surface area contributed by atoms with Gasteiger partial charge >= 0.3 is 0 Å². The van der Waals surface area contributed by atoms with Gasteiger partial charge in [-0.1, -0.05) is 31.8 Å². The predicted octanol–water partition coefficient (Wildman–Crippen LogP) is 3.60. The van der Waals surface area contributed by atoms with E-state index in [1.807, 2.05) is 24.3 Å². The summed E-state index contributed by atoms with van der Waals surface area (Å²) in [7, 11) is -1.98. The first-order valence-electron chi connectivity index (χ1n) is 4.32. The SMILES string of the molecule is C[Si](C)(C)P1Oc2ccccc2O1. The normalized spacial score (nSPS) is 16.2. The maximum atomic E-state index is 5.78. The van der Waals surface area contributed by atoms with Gasteiger partial charge in [0.05, 0.1) is 0 Å². The lowest BCUT2D eigenvalue weighted by Crippen LogP contribution is -2.20. The Balaban J connectivity index is 2.23. The molecular weight excluding hydrogens is 199 g/mol. The molecule has 0 saturated carbocycles. The minimum atomic E-state index is -1.30. The zero-order chi connectivity index (χ0) is 9.47. The van der Waals surface area contributed by atoms with Gasteiger partial charge in [0, 0.05) is 0 Å². The molecule has 0 radical (unpaired) electrons. The number of fused-ring (bicyclic) bond motifs is 1. The van der Waals surface area contributed by atoms with Gasteiger partial charge < -0.3 is 9.05 Å².